The summed E-state index contributed by atoms with van der Waals surface area (Å²) in [6, 6.07) is 2.78. The number of nitrogens with zero attached hydrogens (tertiary/aromatic N) is 1. The lowest BCUT2D eigenvalue weighted by Gasteiger charge is -2.20. The Kier molecular flexibility index (Phi) is 3.87. The van der Waals surface area contributed by atoms with Gasteiger partial charge in [-0.05, 0) is 6.07 Å². The second-order valence-corrected chi connectivity index (χ2v) is 4.31. The molecule has 0 amide bonds. The summed E-state index contributed by atoms with van der Waals surface area (Å²) in [7, 11) is 2.23. The summed E-state index contributed by atoms with van der Waals surface area (Å²) < 4.78 is 20.9. The third-order valence-corrected chi connectivity index (χ3v) is 3.87. The van der Waals surface area contributed by atoms with E-state index < -0.39 is 18.9 Å². The third-order valence-electron chi connectivity index (χ3n) is 1.76. The molecule has 0 aromatic carbocycles. The van der Waals surface area contributed by atoms with Gasteiger partial charge in [-0.25, -0.2) is 0 Å². The Balaban J connectivity index is 3.12. The summed E-state index contributed by atoms with van der Waals surface area (Å²) in [4.78, 5) is 10.3. The Hall–Kier alpha value is -0.880. The minimum absolute atomic E-state index is 0.0490. The van der Waals surface area contributed by atoms with Crippen molar-refractivity contribution in [3.8, 4) is 0 Å². The van der Waals surface area contributed by atoms with E-state index >= 15 is 0 Å². The SMILES string of the molecule is COC(OC)(P=O)c1ccc([N+](=O)[O-])s1. The Bertz CT molecular complexity index is 375. The molecule has 8 heteroatoms. The fourth-order valence-corrected chi connectivity index (χ4v) is 2.43. The highest BCUT2D eigenvalue weighted by Crippen LogP contribution is 2.42. The highest BCUT2D eigenvalue weighted by molar-refractivity contribution is 7.27. The zero-order valence-corrected chi connectivity index (χ0v) is 9.71. The van der Waals surface area contributed by atoms with Crippen molar-refractivity contribution in [1.29, 1.82) is 0 Å². The Morgan fingerprint density at radius 3 is 2.40 bits per heavy atom. The summed E-state index contributed by atoms with van der Waals surface area (Å²) in [5.74, 6) is 0. The zero-order valence-electron chi connectivity index (χ0n) is 8.00. The molecule has 1 rings (SSSR count). The summed E-state index contributed by atoms with van der Waals surface area (Å²) in [5, 5.41) is 10.4. The van der Waals surface area contributed by atoms with Crippen LogP contribution in [0.25, 0.3) is 0 Å². The number of ether oxygens (including phenoxy) is 2. The fourth-order valence-electron chi connectivity index (χ4n) is 1.000. The van der Waals surface area contributed by atoms with Crippen LogP contribution in [0.1, 0.15) is 4.88 Å². The van der Waals surface area contributed by atoms with Gasteiger partial charge in [-0.3, -0.25) is 14.7 Å². The van der Waals surface area contributed by atoms with Gasteiger partial charge in [-0.2, -0.15) is 0 Å². The van der Waals surface area contributed by atoms with Crippen molar-refractivity contribution in [2.24, 2.45) is 0 Å². The third kappa shape index (κ3) is 2.21. The van der Waals surface area contributed by atoms with Gasteiger partial charge in [-0.15, -0.1) is 0 Å². The number of nitro groups is 1. The van der Waals surface area contributed by atoms with Crippen molar-refractivity contribution in [2.75, 3.05) is 14.2 Å². The van der Waals surface area contributed by atoms with Crippen molar-refractivity contribution >= 4 is 24.8 Å². The molecular formula is C7H8NO5PS. The lowest BCUT2D eigenvalue weighted by molar-refractivity contribution is -0.380. The van der Waals surface area contributed by atoms with Crippen molar-refractivity contribution < 1.29 is 19.0 Å². The quantitative estimate of drug-likeness (QED) is 0.346. The topological polar surface area (TPSA) is 78.7 Å². The first kappa shape index (κ1) is 12.2. The van der Waals surface area contributed by atoms with Gasteiger partial charge in [0.05, 0.1) is 9.80 Å². The molecule has 1 aromatic rings. The monoisotopic (exact) mass is 249 g/mol. The molecule has 0 N–H and O–H groups in total. The molecule has 0 fully saturated rings. The Morgan fingerprint density at radius 2 is 2.07 bits per heavy atom. The molecule has 1 heterocycles. The number of rotatable bonds is 5. The molecule has 0 saturated heterocycles. The average Bonchev–Trinajstić information content (AvgIpc) is 2.71. The molecule has 15 heavy (non-hydrogen) atoms. The molecule has 82 valence electrons. The van der Waals surface area contributed by atoms with Gasteiger partial charge in [0, 0.05) is 20.3 Å². The second-order valence-electron chi connectivity index (χ2n) is 2.48. The van der Waals surface area contributed by atoms with E-state index in [1.165, 1.54) is 26.4 Å². The standard InChI is InChI=1S/C7H8NO5PS/c1-12-7(13-2,14-11)5-3-4-6(15-5)8(9)10/h3-4H,1-2H3. The molecule has 0 radical (unpaired) electrons. The minimum atomic E-state index is -1.45. The Labute approximate surface area is 91.2 Å². The van der Waals surface area contributed by atoms with E-state index in [1.807, 2.05) is 0 Å². The van der Waals surface area contributed by atoms with E-state index in [-0.39, 0.29) is 5.00 Å². The van der Waals surface area contributed by atoms with Crippen LogP contribution in [0, 0.1) is 10.1 Å². The first-order valence-electron chi connectivity index (χ1n) is 3.79. The molecule has 0 aliphatic heterocycles. The van der Waals surface area contributed by atoms with Crippen LogP contribution in [-0.2, 0) is 19.6 Å². The average molecular weight is 249 g/mol. The number of hydrogen-bond donors (Lipinski definition) is 0. The summed E-state index contributed by atoms with van der Waals surface area (Å²) in [6.45, 7) is 0. The number of hydrogen-bond acceptors (Lipinski definition) is 6. The van der Waals surface area contributed by atoms with Crippen LogP contribution >= 0.6 is 19.8 Å². The van der Waals surface area contributed by atoms with Crippen molar-refractivity contribution in [3.05, 3.63) is 27.1 Å². The molecule has 0 aliphatic rings. The zero-order chi connectivity index (χ0) is 11.5. The lowest BCUT2D eigenvalue weighted by Crippen LogP contribution is -2.22. The van der Waals surface area contributed by atoms with Gasteiger partial charge in [-0.1, -0.05) is 11.3 Å². The lowest BCUT2D eigenvalue weighted by atomic mass is 10.4. The Morgan fingerprint density at radius 1 is 1.47 bits per heavy atom. The van der Waals surface area contributed by atoms with Crippen molar-refractivity contribution in [2.45, 2.75) is 5.53 Å². The van der Waals surface area contributed by atoms with Gasteiger partial charge >= 0.3 is 5.00 Å². The van der Waals surface area contributed by atoms with Crippen LogP contribution in [-0.4, -0.2) is 19.1 Å². The van der Waals surface area contributed by atoms with Crippen molar-refractivity contribution in [3.63, 3.8) is 0 Å². The van der Waals surface area contributed by atoms with E-state index in [9.17, 15) is 14.7 Å². The van der Waals surface area contributed by atoms with E-state index in [0.717, 1.165) is 11.3 Å². The van der Waals surface area contributed by atoms with E-state index in [0.29, 0.717) is 4.88 Å². The van der Waals surface area contributed by atoms with E-state index in [1.54, 1.807) is 0 Å². The molecule has 1 aromatic heterocycles. The molecule has 0 bridgehead atoms. The van der Waals surface area contributed by atoms with Crippen LogP contribution < -0.4 is 0 Å². The van der Waals surface area contributed by atoms with Gasteiger partial charge < -0.3 is 9.47 Å². The number of methoxy groups -OCH3 is 2. The maximum Gasteiger partial charge on any atom is 0.324 e. The fraction of sp³-hybridized carbons (Fsp3) is 0.429. The molecular weight excluding hydrogens is 241 g/mol. The molecule has 0 aliphatic carbocycles. The van der Waals surface area contributed by atoms with Crippen LogP contribution in [0.5, 0.6) is 0 Å². The van der Waals surface area contributed by atoms with Crippen LogP contribution in [0.4, 0.5) is 5.00 Å². The maximum absolute atomic E-state index is 11.0. The highest BCUT2D eigenvalue weighted by atomic mass is 32.1. The summed E-state index contributed by atoms with van der Waals surface area (Å²) >= 11 is 0.866. The second kappa shape index (κ2) is 4.76. The summed E-state index contributed by atoms with van der Waals surface area (Å²) in [6.07, 6.45) is 0. The van der Waals surface area contributed by atoms with Gasteiger partial charge in [0.2, 0.25) is 8.46 Å². The minimum Gasteiger partial charge on any atom is -0.339 e. The van der Waals surface area contributed by atoms with Gasteiger partial charge in [0.1, 0.15) is 0 Å². The predicted octanol–water partition coefficient (Wildman–Crippen LogP) is 2.35. The molecule has 0 saturated carbocycles. The normalized spacial score (nSPS) is 11.9. The smallest absolute Gasteiger partial charge is 0.324 e. The number of thiophene rings is 1. The molecule has 0 atom stereocenters. The first-order valence-corrected chi connectivity index (χ1v) is 5.42. The predicted molar refractivity (Wildman–Crippen MR) is 54.3 cm³/mol. The summed E-state index contributed by atoms with van der Waals surface area (Å²) in [5.41, 5.74) is -1.45. The first-order chi connectivity index (χ1) is 7.09. The molecule has 0 spiro atoms. The van der Waals surface area contributed by atoms with Crippen molar-refractivity contribution in [1.82, 2.24) is 0 Å². The maximum atomic E-state index is 11.0. The van der Waals surface area contributed by atoms with E-state index in [4.69, 9.17) is 9.47 Å². The van der Waals surface area contributed by atoms with Crippen LogP contribution in [0.3, 0.4) is 0 Å². The highest BCUT2D eigenvalue weighted by Gasteiger charge is 2.36. The van der Waals surface area contributed by atoms with Crippen LogP contribution in [0.2, 0.25) is 0 Å². The molecule has 6 nitrogen and oxygen atoms in total. The largest absolute Gasteiger partial charge is 0.339 e. The van der Waals surface area contributed by atoms with Gasteiger partial charge in [0.25, 0.3) is 5.53 Å². The van der Waals surface area contributed by atoms with Gasteiger partial charge in [0.15, 0.2) is 0 Å². The molecule has 0 unspecified atom stereocenters. The van der Waals surface area contributed by atoms with E-state index in [2.05, 4.69) is 0 Å². The van der Waals surface area contributed by atoms with Crippen LogP contribution in [0.15, 0.2) is 12.1 Å².